The molecule has 1 atom stereocenters. The van der Waals surface area contributed by atoms with Crippen LogP contribution in [0.4, 0.5) is 0 Å². The van der Waals surface area contributed by atoms with Crippen LogP contribution >= 0.6 is 0 Å². The Balaban J connectivity index is 1.57. The van der Waals surface area contributed by atoms with Crippen molar-refractivity contribution in [1.29, 1.82) is 0 Å². The fourth-order valence-corrected chi connectivity index (χ4v) is 3.08. The van der Waals surface area contributed by atoms with Crippen molar-refractivity contribution in [2.45, 2.75) is 45.2 Å². The predicted molar refractivity (Wildman–Crippen MR) is 81.8 cm³/mol. The average Bonchev–Trinajstić information content (AvgIpc) is 3.17. The Labute approximate surface area is 121 Å². The summed E-state index contributed by atoms with van der Waals surface area (Å²) < 4.78 is 1.94. The molecule has 0 aliphatic heterocycles. The van der Waals surface area contributed by atoms with Gasteiger partial charge in [0.15, 0.2) is 0 Å². The Hall–Kier alpha value is -1.61. The van der Waals surface area contributed by atoms with Gasteiger partial charge in [0.1, 0.15) is 0 Å². The molecule has 1 saturated carbocycles. The van der Waals surface area contributed by atoms with Gasteiger partial charge in [-0.3, -0.25) is 0 Å². The van der Waals surface area contributed by atoms with E-state index in [2.05, 4.69) is 35.7 Å². The Kier molecular flexibility index (Phi) is 4.16. The van der Waals surface area contributed by atoms with E-state index in [4.69, 9.17) is 0 Å². The summed E-state index contributed by atoms with van der Waals surface area (Å²) in [6, 6.07) is 10.9. The van der Waals surface area contributed by atoms with E-state index in [-0.39, 0.29) is 0 Å². The summed E-state index contributed by atoms with van der Waals surface area (Å²) in [5, 5.41) is 8.09. The summed E-state index contributed by atoms with van der Waals surface area (Å²) in [6.07, 6.45) is 9.66. The molecule has 1 N–H and O–H groups in total. The van der Waals surface area contributed by atoms with Crippen molar-refractivity contribution < 1.29 is 0 Å². The fourth-order valence-electron chi connectivity index (χ4n) is 3.08. The van der Waals surface area contributed by atoms with E-state index in [0.29, 0.717) is 6.04 Å². The van der Waals surface area contributed by atoms with Crippen LogP contribution in [0.5, 0.6) is 0 Å². The lowest BCUT2D eigenvalue weighted by Gasteiger charge is -2.19. The van der Waals surface area contributed by atoms with Gasteiger partial charge in [0, 0.05) is 24.3 Å². The highest BCUT2D eigenvalue weighted by Gasteiger charge is 2.20. The van der Waals surface area contributed by atoms with Crippen molar-refractivity contribution in [2.75, 3.05) is 0 Å². The number of hydrogen-bond acceptors (Lipinski definition) is 2. The van der Waals surface area contributed by atoms with Crippen LogP contribution in [0.3, 0.4) is 0 Å². The van der Waals surface area contributed by atoms with E-state index >= 15 is 0 Å². The summed E-state index contributed by atoms with van der Waals surface area (Å²) >= 11 is 0. The molecule has 3 heteroatoms. The minimum atomic E-state index is 0.609. The van der Waals surface area contributed by atoms with Crippen molar-refractivity contribution in [3.05, 3.63) is 48.3 Å². The van der Waals surface area contributed by atoms with Gasteiger partial charge in [-0.2, -0.15) is 5.10 Å². The molecule has 0 bridgehead atoms. The van der Waals surface area contributed by atoms with Crippen molar-refractivity contribution in [1.82, 2.24) is 15.1 Å². The van der Waals surface area contributed by atoms with E-state index in [0.717, 1.165) is 18.2 Å². The molecule has 3 nitrogen and oxygen atoms in total. The third-order valence-corrected chi connectivity index (χ3v) is 4.39. The van der Waals surface area contributed by atoms with Gasteiger partial charge in [-0.15, -0.1) is 0 Å². The Bertz CT molecular complexity index is 526. The second kappa shape index (κ2) is 6.23. The quantitative estimate of drug-likeness (QED) is 0.899. The Morgan fingerprint density at radius 3 is 2.75 bits per heavy atom. The van der Waals surface area contributed by atoms with E-state index in [9.17, 15) is 0 Å². The Morgan fingerprint density at radius 1 is 1.25 bits per heavy atom. The van der Waals surface area contributed by atoms with Crippen LogP contribution in [-0.4, -0.2) is 15.8 Å². The van der Waals surface area contributed by atoms with Gasteiger partial charge >= 0.3 is 0 Å². The molecular formula is C17H23N3. The molecule has 1 aliphatic rings. The maximum absolute atomic E-state index is 4.44. The zero-order valence-electron chi connectivity index (χ0n) is 12.1. The van der Waals surface area contributed by atoms with Crippen LogP contribution in [0.25, 0.3) is 5.69 Å². The topological polar surface area (TPSA) is 29.9 Å². The van der Waals surface area contributed by atoms with Crippen molar-refractivity contribution in [3.63, 3.8) is 0 Å². The minimum Gasteiger partial charge on any atom is -0.310 e. The highest BCUT2D eigenvalue weighted by atomic mass is 15.3. The molecule has 2 aromatic rings. The minimum absolute atomic E-state index is 0.609. The molecule has 0 spiro atoms. The van der Waals surface area contributed by atoms with Crippen LogP contribution < -0.4 is 5.32 Å². The molecule has 1 fully saturated rings. The van der Waals surface area contributed by atoms with Gasteiger partial charge in [-0.05, 0) is 37.8 Å². The molecule has 3 rings (SSSR count). The normalized spacial score (nSPS) is 17.4. The van der Waals surface area contributed by atoms with Gasteiger partial charge in [-0.1, -0.05) is 31.0 Å². The number of nitrogens with one attached hydrogen (secondary N) is 1. The third kappa shape index (κ3) is 3.10. The van der Waals surface area contributed by atoms with E-state index in [1.165, 1.54) is 31.2 Å². The molecule has 0 saturated heterocycles. The number of nitrogens with zero attached hydrogens (tertiary/aromatic N) is 2. The standard InChI is InChI=1S/C17H23N3/c1-14(16-7-5-6-8-16)18-11-15-12-19-20(13-15)17-9-3-2-4-10-17/h2-4,9-10,12-14,16,18H,5-8,11H2,1H3/t14-/m0/s1. The summed E-state index contributed by atoms with van der Waals surface area (Å²) in [5.74, 6) is 0.860. The summed E-state index contributed by atoms with van der Waals surface area (Å²) in [6.45, 7) is 3.22. The number of hydrogen-bond donors (Lipinski definition) is 1. The lowest BCUT2D eigenvalue weighted by Crippen LogP contribution is -2.31. The molecule has 1 aromatic heterocycles. The first-order chi connectivity index (χ1) is 9.83. The zero-order valence-corrected chi connectivity index (χ0v) is 12.1. The second-order valence-corrected chi connectivity index (χ2v) is 5.84. The van der Waals surface area contributed by atoms with Crippen molar-refractivity contribution in [2.24, 2.45) is 5.92 Å². The van der Waals surface area contributed by atoms with Gasteiger partial charge in [0.05, 0.1) is 11.9 Å². The van der Waals surface area contributed by atoms with E-state index < -0.39 is 0 Å². The molecule has 0 amide bonds. The molecule has 1 aliphatic carbocycles. The van der Waals surface area contributed by atoms with Crippen LogP contribution in [0.2, 0.25) is 0 Å². The van der Waals surface area contributed by atoms with Crippen LogP contribution in [-0.2, 0) is 6.54 Å². The molecule has 20 heavy (non-hydrogen) atoms. The summed E-state index contributed by atoms with van der Waals surface area (Å²) in [5.41, 5.74) is 2.36. The SMILES string of the molecule is C[C@H](NCc1cnn(-c2ccccc2)c1)C1CCCC1. The van der Waals surface area contributed by atoms with Gasteiger partial charge in [0.2, 0.25) is 0 Å². The van der Waals surface area contributed by atoms with E-state index in [1.54, 1.807) is 0 Å². The van der Waals surface area contributed by atoms with Crippen molar-refractivity contribution >= 4 is 0 Å². The van der Waals surface area contributed by atoms with Crippen LogP contribution in [0, 0.1) is 5.92 Å². The molecule has 0 unspecified atom stereocenters. The molecule has 1 heterocycles. The second-order valence-electron chi connectivity index (χ2n) is 5.84. The van der Waals surface area contributed by atoms with E-state index in [1.807, 2.05) is 29.1 Å². The average molecular weight is 269 g/mol. The fraction of sp³-hybridized carbons (Fsp3) is 0.471. The zero-order chi connectivity index (χ0) is 13.8. The number of benzene rings is 1. The summed E-state index contributed by atoms with van der Waals surface area (Å²) in [4.78, 5) is 0. The number of aromatic nitrogens is 2. The highest BCUT2D eigenvalue weighted by Crippen LogP contribution is 2.27. The molecule has 0 radical (unpaired) electrons. The lowest BCUT2D eigenvalue weighted by molar-refractivity contribution is 0.380. The number of para-hydroxylation sites is 1. The third-order valence-electron chi connectivity index (χ3n) is 4.39. The molecule has 1 aromatic carbocycles. The van der Waals surface area contributed by atoms with Gasteiger partial charge in [-0.25, -0.2) is 4.68 Å². The first-order valence-corrected chi connectivity index (χ1v) is 7.65. The lowest BCUT2D eigenvalue weighted by atomic mass is 10.00. The van der Waals surface area contributed by atoms with Gasteiger partial charge < -0.3 is 5.32 Å². The van der Waals surface area contributed by atoms with Crippen LogP contribution in [0.15, 0.2) is 42.7 Å². The molecular weight excluding hydrogens is 246 g/mol. The predicted octanol–water partition coefficient (Wildman–Crippen LogP) is 3.54. The monoisotopic (exact) mass is 269 g/mol. The highest BCUT2D eigenvalue weighted by molar-refractivity contribution is 5.30. The Morgan fingerprint density at radius 2 is 2.00 bits per heavy atom. The smallest absolute Gasteiger partial charge is 0.0645 e. The van der Waals surface area contributed by atoms with Crippen LogP contribution in [0.1, 0.15) is 38.2 Å². The number of rotatable bonds is 5. The summed E-state index contributed by atoms with van der Waals surface area (Å²) in [7, 11) is 0. The first-order valence-electron chi connectivity index (χ1n) is 7.65. The maximum Gasteiger partial charge on any atom is 0.0645 e. The van der Waals surface area contributed by atoms with Crippen molar-refractivity contribution in [3.8, 4) is 5.69 Å². The molecule has 106 valence electrons. The largest absolute Gasteiger partial charge is 0.310 e. The maximum atomic E-state index is 4.44. The van der Waals surface area contributed by atoms with Gasteiger partial charge in [0.25, 0.3) is 0 Å². The first kappa shape index (κ1) is 13.4.